The van der Waals surface area contributed by atoms with Crippen LogP contribution in [0.15, 0.2) is 10.5 Å². The highest BCUT2D eigenvalue weighted by atomic mass is 16.4. The SMILES string of the molecule is CCc1cc(-c2nc(C(C)(C)C)c(C(=O)O)o2)n(CC)n1. The Morgan fingerprint density at radius 3 is 2.48 bits per heavy atom. The zero-order valence-electron chi connectivity index (χ0n) is 13.1. The summed E-state index contributed by atoms with van der Waals surface area (Å²) in [5, 5.41) is 13.7. The lowest BCUT2D eigenvalue weighted by atomic mass is 9.91. The molecule has 0 aliphatic heterocycles. The molecule has 0 fully saturated rings. The van der Waals surface area contributed by atoms with Crippen LogP contribution in [0.25, 0.3) is 11.6 Å². The lowest BCUT2D eigenvalue weighted by Crippen LogP contribution is -2.16. The van der Waals surface area contributed by atoms with Gasteiger partial charge in [-0.05, 0) is 19.4 Å². The Bertz CT molecular complexity index is 662. The van der Waals surface area contributed by atoms with Crippen molar-refractivity contribution in [3.63, 3.8) is 0 Å². The van der Waals surface area contributed by atoms with Crippen LogP contribution in [0.1, 0.15) is 56.6 Å². The molecule has 0 saturated heterocycles. The first-order valence-electron chi connectivity index (χ1n) is 7.09. The van der Waals surface area contributed by atoms with Crippen LogP contribution in [-0.4, -0.2) is 25.8 Å². The van der Waals surface area contributed by atoms with E-state index in [1.165, 1.54) is 0 Å². The van der Waals surface area contributed by atoms with E-state index in [-0.39, 0.29) is 5.76 Å². The van der Waals surface area contributed by atoms with Crippen molar-refractivity contribution < 1.29 is 14.3 Å². The Morgan fingerprint density at radius 1 is 1.38 bits per heavy atom. The third kappa shape index (κ3) is 2.84. The molecule has 2 aromatic heterocycles. The molecular formula is C15H21N3O3. The number of oxazole rings is 1. The average molecular weight is 291 g/mol. The normalized spacial score (nSPS) is 11.9. The van der Waals surface area contributed by atoms with Crippen molar-refractivity contribution in [3.8, 4) is 11.6 Å². The van der Waals surface area contributed by atoms with Crippen LogP contribution in [0.5, 0.6) is 0 Å². The summed E-state index contributed by atoms with van der Waals surface area (Å²) in [6.45, 7) is 10.4. The van der Waals surface area contributed by atoms with Gasteiger partial charge in [0.1, 0.15) is 11.4 Å². The Labute approximate surface area is 123 Å². The standard InChI is InChI=1S/C15H21N3O3/c1-6-9-8-10(18(7-2)17-9)13-16-12(15(3,4)5)11(21-13)14(19)20/h8H,6-7H2,1-5H3,(H,19,20). The molecule has 0 saturated carbocycles. The van der Waals surface area contributed by atoms with Crippen molar-refractivity contribution in [2.24, 2.45) is 0 Å². The van der Waals surface area contributed by atoms with E-state index in [1.807, 2.05) is 40.7 Å². The molecule has 2 aromatic rings. The molecule has 2 rings (SSSR count). The fourth-order valence-electron chi connectivity index (χ4n) is 2.14. The van der Waals surface area contributed by atoms with E-state index in [0.717, 1.165) is 12.1 Å². The van der Waals surface area contributed by atoms with E-state index in [9.17, 15) is 9.90 Å². The first kappa shape index (κ1) is 15.3. The van der Waals surface area contributed by atoms with Gasteiger partial charge in [-0.15, -0.1) is 0 Å². The van der Waals surface area contributed by atoms with Crippen molar-refractivity contribution >= 4 is 5.97 Å². The molecule has 0 radical (unpaired) electrons. The molecule has 1 N–H and O–H groups in total. The number of rotatable bonds is 4. The summed E-state index contributed by atoms with van der Waals surface area (Å²) < 4.78 is 7.30. The van der Waals surface area contributed by atoms with E-state index in [1.54, 1.807) is 4.68 Å². The maximum Gasteiger partial charge on any atom is 0.373 e. The highest BCUT2D eigenvalue weighted by molar-refractivity contribution is 5.86. The first-order chi connectivity index (χ1) is 9.77. The lowest BCUT2D eigenvalue weighted by Gasteiger charge is -2.14. The number of hydrogen-bond donors (Lipinski definition) is 1. The number of carboxylic acids is 1. The zero-order chi connectivity index (χ0) is 15.8. The molecule has 0 bridgehead atoms. The van der Waals surface area contributed by atoms with E-state index in [2.05, 4.69) is 10.1 Å². The largest absolute Gasteiger partial charge is 0.475 e. The number of carbonyl (C=O) groups is 1. The van der Waals surface area contributed by atoms with Gasteiger partial charge in [0.05, 0.1) is 5.69 Å². The molecule has 0 amide bonds. The van der Waals surface area contributed by atoms with Gasteiger partial charge >= 0.3 is 5.97 Å². The molecule has 114 valence electrons. The van der Waals surface area contributed by atoms with Crippen molar-refractivity contribution in [3.05, 3.63) is 23.2 Å². The molecule has 0 aliphatic rings. The lowest BCUT2D eigenvalue weighted by molar-refractivity contribution is 0.0659. The molecule has 0 atom stereocenters. The molecule has 6 nitrogen and oxygen atoms in total. The fourth-order valence-corrected chi connectivity index (χ4v) is 2.14. The highest BCUT2D eigenvalue weighted by Gasteiger charge is 2.30. The van der Waals surface area contributed by atoms with E-state index < -0.39 is 11.4 Å². The van der Waals surface area contributed by atoms with Crippen LogP contribution >= 0.6 is 0 Å². The monoisotopic (exact) mass is 291 g/mol. The van der Waals surface area contributed by atoms with Crippen molar-refractivity contribution in [2.45, 2.75) is 53.0 Å². The number of nitrogens with zero attached hydrogens (tertiary/aromatic N) is 3. The van der Waals surface area contributed by atoms with Gasteiger partial charge in [0, 0.05) is 12.0 Å². The Morgan fingerprint density at radius 2 is 2.05 bits per heavy atom. The molecule has 21 heavy (non-hydrogen) atoms. The van der Waals surface area contributed by atoms with Gasteiger partial charge in [-0.3, -0.25) is 4.68 Å². The Hall–Kier alpha value is -2.11. The third-order valence-electron chi connectivity index (χ3n) is 3.24. The minimum absolute atomic E-state index is 0.0978. The van der Waals surface area contributed by atoms with Gasteiger partial charge in [-0.2, -0.15) is 5.10 Å². The summed E-state index contributed by atoms with van der Waals surface area (Å²) in [5.41, 5.74) is 1.69. The van der Waals surface area contributed by atoms with Crippen LogP contribution in [0.3, 0.4) is 0 Å². The van der Waals surface area contributed by atoms with E-state index in [0.29, 0.717) is 23.8 Å². The number of aryl methyl sites for hydroxylation is 2. The van der Waals surface area contributed by atoms with Gasteiger partial charge in [-0.25, -0.2) is 9.78 Å². The smallest absolute Gasteiger partial charge is 0.373 e. The Kier molecular flexibility index (Phi) is 3.89. The summed E-state index contributed by atoms with van der Waals surface area (Å²) in [6.07, 6.45) is 0.804. The van der Waals surface area contributed by atoms with Crippen LogP contribution in [-0.2, 0) is 18.4 Å². The van der Waals surface area contributed by atoms with Crippen molar-refractivity contribution in [1.29, 1.82) is 0 Å². The molecule has 0 aromatic carbocycles. The van der Waals surface area contributed by atoms with Gasteiger partial charge in [0.25, 0.3) is 0 Å². The van der Waals surface area contributed by atoms with Gasteiger partial charge < -0.3 is 9.52 Å². The maximum absolute atomic E-state index is 11.4. The van der Waals surface area contributed by atoms with Crippen LogP contribution in [0.2, 0.25) is 0 Å². The van der Waals surface area contributed by atoms with E-state index in [4.69, 9.17) is 4.42 Å². The molecule has 6 heteroatoms. The minimum atomic E-state index is -1.10. The number of aromatic nitrogens is 3. The number of hydrogen-bond acceptors (Lipinski definition) is 4. The number of aromatic carboxylic acids is 1. The summed E-state index contributed by atoms with van der Waals surface area (Å²) in [7, 11) is 0. The first-order valence-corrected chi connectivity index (χ1v) is 7.09. The summed E-state index contributed by atoms with van der Waals surface area (Å²) >= 11 is 0. The maximum atomic E-state index is 11.4. The second kappa shape index (κ2) is 5.35. The predicted molar refractivity (Wildman–Crippen MR) is 78.4 cm³/mol. The van der Waals surface area contributed by atoms with Crippen LogP contribution in [0, 0.1) is 0 Å². The molecule has 2 heterocycles. The summed E-state index contributed by atoms with van der Waals surface area (Å²) in [6, 6.07) is 1.90. The Balaban J connectivity index is 2.60. The molecule has 0 aliphatic carbocycles. The molecule has 0 unspecified atom stereocenters. The van der Waals surface area contributed by atoms with Crippen LogP contribution in [0.4, 0.5) is 0 Å². The van der Waals surface area contributed by atoms with Crippen molar-refractivity contribution in [2.75, 3.05) is 0 Å². The summed E-state index contributed by atoms with van der Waals surface area (Å²) in [5.74, 6) is -0.886. The quantitative estimate of drug-likeness (QED) is 0.936. The summed E-state index contributed by atoms with van der Waals surface area (Å²) in [4.78, 5) is 15.8. The van der Waals surface area contributed by atoms with Gasteiger partial charge in [0.15, 0.2) is 0 Å². The van der Waals surface area contributed by atoms with Crippen LogP contribution < -0.4 is 0 Å². The van der Waals surface area contributed by atoms with E-state index >= 15 is 0 Å². The molecular weight excluding hydrogens is 270 g/mol. The van der Waals surface area contributed by atoms with Crippen molar-refractivity contribution in [1.82, 2.24) is 14.8 Å². The molecule has 0 spiro atoms. The fraction of sp³-hybridized carbons (Fsp3) is 0.533. The topological polar surface area (TPSA) is 81.1 Å². The second-order valence-electron chi connectivity index (χ2n) is 5.94. The second-order valence-corrected chi connectivity index (χ2v) is 5.94. The minimum Gasteiger partial charge on any atom is -0.475 e. The highest BCUT2D eigenvalue weighted by Crippen LogP contribution is 2.30. The van der Waals surface area contributed by atoms with Gasteiger partial charge in [-0.1, -0.05) is 27.7 Å². The third-order valence-corrected chi connectivity index (χ3v) is 3.24. The predicted octanol–water partition coefficient (Wildman–Crippen LogP) is 3.12. The number of carboxylic acid groups (broad SMARTS) is 1. The average Bonchev–Trinajstić information content (AvgIpc) is 3.01. The zero-order valence-corrected chi connectivity index (χ0v) is 13.1. The van der Waals surface area contributed by atoms with Gasteiger partial charge in [0.2, 0.25) is 11.7 Å².